The lowest BCUT2D eigenvalue weighted by molar-refractivity contribution is 0.407. The standard InChI is InChI=1S/C26H33NO2/c1-5-6-7-8-20-16-23(28)25(22-15-18(4)9-10-21(22)17(2)3)26(29)24(20)19-11-13-27-14-12-19/h11-16,21-22,28-29H,2,5-10H2,1,3-4H3. The number of phenols is 2. The number of allylic oxidation sites excluding steroid dienone is 3. The highest BCUT2D eigenvalue weighted by molar-refractivity contribution is 5.78. The highest BCUT2D eigenvalue weighted by atomic mass is 16.3. The molecule has 2 aromatic rings. The Kier molecular flexibility index (Phi) is 6.79. The molecule has 0 bridgehead atoms. The van der Waals surface area contributed by atoms with E-state index in [1.165, 1.54) is 5.57 Å². The van der Waals surface area contributed by atoms with Crippen LogP contribution in [-0.4, -0.2) is 15.2 Å². The van der Waals surface area contributed by atoms with Crippen molar-refractivity contribution in [2.24, 2.45) is 5.92 Å². The molecule has 154 valence electrons. The fourth-order valence-electron chi connectivity index (χ4n) is 4.56. The number of hydrogen-bond acceptors (Lipinski definition) is 3. The smallest absolute Gasteiger partial charge is 0.131 e. The van der Waals surface area contributed by atoms with E-state index in [1.807, 2.05) is 25.1 Å². The third-order valence-corrected chi connectivity index (χ3v) is 6.13. The summed E-state index contributed by atoms with van der Waals surface area (Å²) >= 11 is 0. The topological polar surface area (TPSA) is 53.4 Å². The van der Waals surface area contributed by atoms with Gasteiger partial charge < -0.3 is 10.2 Å². The Bertz CT molecular complexity index is 899. The van der Waals surface area contributed by atoms with Gasteiger partial charge in [-0.1, -0.05) is 43.6 Å². The summed E-state index contributed by atoms with van der Waals surface area (Å²) in [6.07, 6.45) is 11.8. The van der Waals surface area contributed by atoms with Gasteiger partial charge in [-0.05, 0) is 74.8 Å². The van der Waals surface area contributed by atoms with Crippen LogP contribution >= 0.6 is 0 Å². The summed E-state index contributed by atoms with van der Waals surface area (Å²) in [7, 11) is 0. The summed E-state index contributed by atoms with van der Waals surface area (Å²) in [5.41, 5.74) is 5.77. The molecular weight excluding hydrogens is 358 g/mol. The molecule has 3 nitrogen and oxygen atoms in total. The van der Waals surface area contributed by atoms with Crippen LogP contribution in [0.15, 0.2) is 54.4 Å². The van der Waals surface area contributed by atoms with Gasteiger partial charge in [-0.3, -0.25) is 4.98 Å². The van der Waals surface area contributed by atoms with Gasteiger partial charge in [-0.15, -0.1) is 0 Å². The van der Waals surface area contributed by atoms with Crippen LogP contribution in [0.3, 0.4) is 0 Å². The molecule has 0 radical (unpaired) electrons. The number of nitrogens with zero attached hydrogens (tertiary/aromatic N) is 1. The van der Waals surface area contributed by atoms with E-state index < -0.39 is 0 Å². The molecule has 0 saturated heterocycles. The minimum atomic E-state index is -0.0634. The molecule has 2 unspecified atom stereocenters. The Hall–Kier alpha value is -2.55. The van der Waals surface area contributed by atoms with Gasteiger partial charge in [-0.2, -0.15) is 0 Å². The first kappa shape index (κ1) is 21.2. The minimum absolute atomic E-state index is 0.0634. The van der Waals surface area contributed by atoms with Crippen LogP contribution < -0.4 is 0 Å². The fourth-order valence-corrected chi connectivity index (χ4v) is 4.56. The molecule has 3 heteroatoms. The third-order valence-electron chi connectivity index (χ3n) is 6.13. The van der Waals surface area contributed by atoms with Crippen molar-refractivity contribution >= 4 is 0 Å². The number of aryl methyl sites for hydroxylation is 1. The van der Waals surface area contributed by atoms with Crippen LogP contribution in [-0.2, 0) is 6.42 Å². The van der Waals surface area contributed by atoms with Crippen LogP contribution in [0.1, 0.15) is 69.9 Å². The second kappa shape index (κ2) is 9.30. The predicted molar refractivity (Wildman–Crippen MR) is 120 cm³/mol. The Labute approximate surface area is 174 Å². The summed E-state index contributed by atoms with van der Waals surface area (Å²) in [4.78, 5) is 4.13. The summed E-state index contributed by atoms with van der Waals surface area (Å²) in [6, 6.07) is 5.72. The normalized spacial score (nSPS) is 19.1. The maximum absolute atomic E-state index is 11.5. The van der Waals surface area contributed by atoms with Crippen molar-refractivity contribution in [1.82, 2.24) is 4.98 Å². The first-order chi connectivity index (χ1) is 13.9. The molecule has 0 aliphatic heterocycles. The lowest BCUT2D eigenvalue weighted by Crippen LogP contribution is -2.17. The van der Waals surface area contributed by atoms with Crippen molar-refractivity contribution in [3.63, 3.8) is 0 Å². The molecule has 0 saturated carbocycles. The van der Waals surface area contributed by atoms with Crippen LogP contribution in [0.2, 0.25) is 0 Å². The molecule has 1 aromatic carbocycles. The third kappa shape index (κ3) is 4.55. The molecule has 0 spiro atoms. The minimum Gasteiger partial charge on any atom is -0.507 e. The van der Waals surface area contributed by atoms with E-state index in [0.29, 0.717) is 5.56 Å². The van der Waals surface area contributed by atoms with Crippen LogP contribution in [0.4, 0.5) is 0 Å². The van der Waals surface area contributed by atoms with Crippen LogP contribution in [0.25, 0.3) is 11.1 Å². The van der Waals surface area contributed by atoms with Gasteiger partial charge in [0.25, 0.3) is 0 Å². The molecule has 1 aliphatic rings. The highest BCUT2D eigenvalue weighted by Gasteiger charge is 2.31. The monoisotopic (exact) mass is 391 g/mol. The molecule has 2 N–H and O–H groups in total. The molecule has 1 aromatic heterocycles. The van der Waals surface area contributed by atoms with Crippen LogP contribution in [0.5, 0.6) is 11.5 Å². The van der Waals surface area contributed by atoms with Gasteiger partial charge in [0, 0.05) is 29.4 Å². The number of hydrogen-bond donors (Lipinski definition) is 2. The summed E-state index contributed by atoms with van der Waals surface area (Å²) in [5.74, 6) is 0.539. The Balaban J connectivity index is 2.18. The molecule has 3 rings (SSSR count). The van der Waals surface area contributed by atoms with E-state index in [-0.39, 0.29) is 23.3 Å². The van der Waals surface area contributed by atoms with Gasteiger partial charge in [0.1, 0.15) is 11.5 Å². The molecule has 1 heterocycles. The average molecular weight is 392 g/mol. The molecule has 2 atom stereocenters. The summed E-state index contributed by atoms with van der Waals surface area (Å²) < 4.78 is 0. The molecule has 1 aliphatic carbocycles. The number of aromatic hydroxyl groups is 2. The largest absolute Gasteiger partial charge is 0.507 e. The highest BCUT2D eigenvalue weighted by Crippen LogP contribution is 2.50. The lowest BCUT2D eigenvalue weighted by Gasteiger charge is -2.32. The molecule has 29 heavy (non-hydrogen) atoms. The Morgan fingerprint density at radius 2 is 1.93 bits per heavy atom. The quantitative estimate of drug-likeness (QED) is 0.398. The maximum Gasteiger partial charge on any atom is 0.131 e. The van der Waals surface area contributed by atoms with E-state index >= 15 is 0 Å². The van der Waals surface area contributed by atoms with E-state index in [1.54, 1.807) is 12.4 Å². The Morgan fingerprint density at radius 1 is 1.21 bits per heavy atom. The zero-order chi connectivity index (χ0) is 21.0. The number of rotatable bonds is 7. The summed E-state index contributed by atoms with van der Waals surface area (Å²) in [6.45, 7) is 10.5. The lowest BCUT2D eigenvalue weighted by atomic mass is 9.73. The fraction of sp³-hybridized carbons (Fsp3) is 0.423. The van der Waals surface area contributed by atoms with Crippen molar-refractivity contribution < 1.29 is 10.2 Å². The second-order valence-corrected chi connectivity index (χ2v) is 8.42. The van der Waals surface area contributed by atoms with E-state index in [4.69, 9.17) is 0 Å². The predicted octanol–water partition coefficient (Wildman–Crippen LogP) is 6.91. The Morgan fingerprint density at radius 3 is 2.59 bits per heavy atom. The zero-order valence-electron chi connectivity index (χ0n) is 17.9. The number of phenolic OH excluding ortho intramolecular Hbond substituents is 2. The van der Waals surface area contributed by atoms with Crippen molar-refractivity contribution in [1.29, 1.82) is 0 Å². The van der Waals surface area contributed by atoms with Crippen molar-refractivity contribution in [3.05, 3.63) is 65.5 Å². The summed E-state index contributed by atoms with van der Waals surface area (Å²) in [5, 5.41) is 22.5. The van der Waals surface area contributed by atoms with Gasteiger partial charge in [0.05, 0.1) is 0 Å². The number of pyridine rings is 1. The second-order valence-electron chi connectivity index (χ2n) is 8.42. The van der Waals surface area contributed by atoms with Gasteiger partial charge >= 0.3 is 0 Å². The first-order valence-corrected chi connectivity index (χ1v) is 10.7. The SMILES string of the molecule is C=C(C)C1CCC(C)=CC1c1c(O)cc(CCCCC)c(-c2ccncc2)c1O. The van der Waals surface area contributed by atoms with E-state index in [9.17, 15) is 10.2 Å². The molecule has 0 fully saturated rings. The van der Waals surface area contributed by atoms with Crippen molar-refractivity contribution in [3.8, 4) is 22.6 Å². The van der Waals surface area contributed by atoms with Crippen LogP contribution in [0, 0.1) is 5.92 Å². The number of unbranched alkanes of at least 4 members (excludes halogenated alkanes) is 2. The van der Waals surface area contributed by atoms with Gasteiger partial charge in [-0.25, -0.2) is 0 Å². The van der Waals surface area contributed by atoms with E-state index in [0.717, 1.165) is 60.8 Å². The van der Waals surface area contributed by atoms with Crippen molar-refractivity contribution in [2.45, 2.75) is 65.2 Å². The average Bonchev–Trinajstić information content (AvgIpc) is 2.68. The van der Waals surface area contributed by atoms with E-state index in [2.05, 4.69) is 31.5 Å². The van der Waals surface area contributed by atoms with Gasteiger partial charge in [0.15, 0.2) is 0 Å². The number of aromatic nitrogens is 1. The zero-order valence-corrected chi connectivity index (χ0v) is 17.9. The van der Waals surface area contributed by atoms with Crippen molar-refractivity contribution in [2.75, 3.05) is 0 Å². The number of benzene rings is 1. The first-order valence-electron chi connectivity index (χ1n) is 10.7. The maximum atomic E-state index is 11.5. The molecular formula is C26H33NO2. The van der Waals surface area contributed by atoms with Gasteiger partial charge in [0.2, 0.25) is 0 Å². The molecule has 0 amide bonds.